The van der Waals surface area contributed by atoms with E-state index in [-0.39, 0.29) is 11.9 Å². The first-order valence-corrected chi connectivity index (χ1v) is 11.8. The number of carbonyl (C=O) groups excluding carboxylic acids is 1. The fraction of sp³-hybridized carbons (Fsp3) is 0.217. The maximum absolute atomic E-state index is 12.9. The normalized spacial score (nSPS) is 16.7. The van der Waals surface area contributed by atoms with E-state index in [0.29, 0.717) is 30.4 Å². The number of rotatable bonds is 3. The van der Waals surface area contributed by atoms with Gasteiger partial charge >= 0.3 is 0 Å². The number of nitrogens with zero attached hydrogens (tertiary/aromatic N) is 6. The Morgan fingerprint density at radius 2 is 2.09 bits per heavy atom. The molecule has 5 aromatic rings. The number of carbonyl (C=O) groups is 1. The van der Waals surface area contributed by atoms with Gasteiger partial charge < -0.3 is 14.2 Å². The first kappa shape index (κ1) is 20.2. The van der Waals surface area contributed by atoms with Crippen molar-refractivity contribution in [2.75, 3.05) is 24.5 Å². The Balaban J connectivity index is 1.45. The largest absolute Gasteiger partial charge is 0.459 e. The molecule has 1 aliphatic rings. The molecular formula is C23H19ClN6O2S. The third-order valence-corrected chi connectivity index (χ3v) is 7.03. The molecule has 6 rings (SSSR count). The zero-order chi connectivity index (χ0) is 22.5. The maximum atomic E-state index is 12.9. The van der Waals surface area contributed by atoms with Crippen LogP contribution in [0.3, 0.4) is 0 Å². The minimum atomic E-state index is -0.0980. The summed E-state index contributed by atoms with van der Waals surface area (Å²) in [5.41, 5.74) is 1.49. The van der Waals surface area contributed by atoms with Crippen molar-refractivity contribution < 1.29 is 9.21 Å². The highest BCUT2D eigenvalue weighted by Gasteiger charge is 2.32. The second-order valence-electron chi connectivity index (χ2n) is 8.00. The molecular weight excluding hydrogens is 460 g/mol. The molecule has 10 heteroatoms. The number of anilines is 1. The molecule has 0 spiro atoms. The number of hydrogen-bond donors (Lipinski definition) is 0. The highest BCUT2D eigenvalue weighted by molar-refractivity contribution is 7.13. The summed E-state index contributed by atoms with van der Waals surface area (Å²) < 4.78 is 7.34. The van der Waals surface area contributed by atoms with E-state index in [9.17, 15) is 4.79 Å². The van der Waals surface area contributed by atoms with Gasteiger partial charge in [0.1, 0.15) is 0 Å². The fourth-order valence-electron chi connectivity index (χ4n) is 4.35. The van der Waals surface area contributed by atoms with Gasteiger partial charge in [0, 0.05) is 36.1 Å². The van der Waals surface area contributed by atoms with Gasteiger partial charge in [0.25, 0.3) is 5.91 Å². The van der Waals surface area contributed by atoms with Crippen LogP contribution < -0.4 is 4.90 Å². The summed E-state index contributed by atoms with van der Waals surface area (Å²) in [4.78, 5) is 22.9. The van der Waals surface area contributed by atoms with Gasteiger partial charge in [-0.1, -0.05) is 17.7 Å². The molecule has 0 radical (unpaired) electrons. The number of fused-ring (bicyclic) bond motifs is 3. The number of amides is 1. The van der Waals surface area contributed by atoms with E-state index < -0.39 is 0 Å². The molecule has 1 atom stereocenters. The molecule has 0 bridgehead atoms. The molecule has 166 valence electrons. The lowest BCUT2D eigenvalue weighted by molar-refractivity contribution is 0.0640. The van der Waals surface area contributed by atoms with Gasteiger partial charge in [0.15, 0.2) is 17.2 Å². The van der Waals surface area contributed by atoms with E-state index >= 15 is 0 Å². The lowest BCUT2D eigenvalue weighted by Crippen LogP contribution is -2.54. The lowest BCUT2D eigenvalue weighted by atomic mass is 10.1. The number of thiophene rings is 1. The average Bonchev–Trinajstić information content (AvgIpc) is 3.59. The zero-order valence-electron chi connectivity index (χ0n) is 17.7. The molecule has 33 heavy (non-hydrogen) atoms. The second kappa shape index (κ2) is 7.86. The standard InChI is InChI=1S/C23H19ClN6O2S/c1-14-13-28(8-9-29(14)22(31)18-4-2-10-32-18)23-25-17-12-15(24)6-7-16(17)20-26-27-21(30(20)23)19-5-3-11-33-19/h2-7,10-12,14H,8-9,13H2,1H3/t14-/m0/s1. The van der Waals surface area contributed by atoms with E-state index in [1.807, 2.05) is 51.9 Å². The average molecular weight is 479 g/mol. The second-order valence-corrected chi connectivity index (χ2v) is 9.39. The first-order valence-electron chi connectivity index (χ1n) is 10.6. The molecule has 0 aliphatic carbocycles. The Bertz CT molecular complexity index is 1460. The van der Waals surface area contributed by atoms with Crippen LogP contribution in [0.4, 0.5) is 5.95 Å². The van der Waals surface area contributed by atoms with Crippen LogP contribution in [-0.4, -0.2) is 56.1 Å². The summed E-state index contributed by atoms with van der Waals surface area (Å²) in [6.07, 6.45) is 1.52. The fourth-order valence-corrected chi connectivity index (χ4v) is 5.22. The topological polar surface area (TPSA) is 79.8 Å². The summed E-state index contributed by atoms with van der Waals surface area (Å²) in [5.74, 6) is 1.75. The highest BCUT2D eigenvalue weighted by Crippen LogP contribution is 2.32. The Kier molecular flexibility index (Phi) is 4.81. The number of benzene rings is 1. The van der Waals surface area contributed by atoms with Crippen LogP contribution in [0.25, 0.3) is 27.3 Å². The number of aromatic nitrogens is 4. The van der Waals surface area contributed by atoms with Gasteiger partial charge in [-0.15, -0.1) is 21.5 Å². The predicted octanol–water partition coefficient (Wildman–Crippen LogP) is 4.60. The van der Waals surface area contributed by atoms with Crippen molar-refractivity contribution in [3.05, 3.63) is 64.9 Å². The van der Waals surface area contributed by atoms with Crippen molar-refractivity contribution in [2.45, 2.75) is 13.0 Å². The van der Waals surface area contributed by atoms with E-state index in [2.05, 4.69) is 15.1 Å². The van der Waals surface area contributed by atoms with Gasteiger partial charge in [-0.2, -0.15) is 0 Å². The number of hydrogen-bond acceptors (Lipinski definition) is 7. The summed E-state index contributed by atoms with van der Waals surface area (Å²) in [5, 5.41) is 12.5. The molecule has 4 aromatic heterocycles. The van der Waals surface area contributed by atoms with Crippen LogP contribution in [0.15, 0.2) is 58.5 Å². The Hall–Kier alpha value is -3.43. The third kappa shape index (κ3) is 3.35. The minimum Gasteiger partial charge on any atom is -0.459 e. The van der Waals surface area contributed by atoms with Crippen molar-refractivity contribution in [1.29, 1.82) is 0 Å². The summed E-state index contributed by atoms with van der Waals surface area (Å²) in [6.45, 7) is 3.82. The lowest BCUT2D eigenvalue weighted by Gasteiger charge is -2.40. The third-order valence-electron chi connectivity index (χ3n) is 5.93. The molecule has 1 aromatic carbocycles. The van der Waals surface area contributed by atoms with Gasteiger partial charge in [-0.3, -0.25) is 4.79 Å². The molecule has 5 heterocycles. The molecule has 8 nitrogen and oxygen atoms in total. The minimum absolute atomic E-state index is 0.0371. The SMILES string of the molecule is C[C@H]1CN(c2nc3cc(Cl)ccc3c3nnc(-c4cccs4)n23)CCN1C(=O)c1ccco1. The van der Waals surface area contributed by atoms with Crippen molar-refractivity contribution in [2.24, 2.45) is 0 Å². The van der Waals surface area contributed by atoms with Gasteiger partial charge in [0.2, 0.25) is 5.95 Å². The molecule has 1 amide bonds. The summed E-state index contributed by atoms with van der Waals surface area (Å²) >= 11 is 7.88. The predicted molar refractivity (Wildman–Crippen MR) is 128 cm³/mol. The van der Waals surface area contributed by atoms with Crippen molar-refractivity contribution in [3.63, 3.8) is 0 Å². The quantitative estimate of drug-likeness (QED) is 0.377. The Morgan fingerprint density at radius 1 is 1.18 bits per heavy atom. The van der Waals surface area contributed by atoms with E-state index in [4.69, 9.17) is 21.0 Å². The highest BCUT2D eigenvalue weighted by atomic mass is 35.5. The molecule has 0 unspecified atom stereocenters. The monoisotopic (exact) mass is 478 g/mol. The van der Waals surface area contributed by atoms with E-state index in [1.54, 1.807) is 23.5 Å². The number of piperazine rings is 1. The van der Waals surface area contributed by atoms with Gasteiger partial charge in [-0.05, 0) is 48.7 Å². The summed E-state index contributed by atoms with van der Waals surface area (Å²) in [6, 6.07) is 13.0. The zero-order valence-corrected chi connectivity index (χ0v) is 19.3. The molecule has 0 saturated carbocycles. The van der Waals surface area contributed by atoms with Crippen LogP contribution in [0.1, 0.15) is 17.5 Å². The van der Waals surface area contributed by atoms with Gasteiger partial charge in [0.05, 0.1) is 16.7 Å². The number of halogens is 1. The van der Waals surface area contributed by atoms with Crippen LogP contribution in [-0.2, 0) is 0 Å². The van der Waals surface area contributed by atoms with Crippen LogP contribution >= 0.6 is 22.9 Å². The molecule has 1 saturated heterocycles. The van der Waals surface area contributed by atoms with Crippen molar-refractivity contribution in [1.82, 2.24) is 24.5 Å². The van der Waals surface area contributed by atoms with Crippen molar-refractivity contribution in [3.8, 4) is 10.7 Å². The van der Waals surface area contributed by atoms with Crippen LogP contribution in [0.2, 0.25) is 5.02 Å². The Labute approximate surface area is 198 Å². The molecule has 1 fully saturated rings. The smallest absolute Gasteiger partial charge is 0.289 e. The van der Waals surface area contributed by atoms with Crippen molar-refractivity contribution >= 4 is 51.3 Å². The van der Waals surface area contributed by atoms with E-state index in [0.717, 1.165) is 33.2 Å². The summed E-state index contributed by atoms with van der Waals surface area (Å²) in [7, 11) is 0. The Morgan fingerprint density at radius 3 is 2.85 bits per heavy atom. The first-order chi connectivity index (χ1) is 16.1. The van der Waals surface area contributed by atoms with Crippen LogP contribution in [0.5, 0.6) is 0 Å². The molecule has 1 aliphatic heterocycles. The van der Waals surface area contributed by atoms with Crippen LogP contribution in [0, 0.1) is 0 Å². The van der Waals surface area contributed by atoms with Gasteiger partial charge in [-0.25, -0.2) is 9.38 Å². The maximum Gasteiger partial charge on any atom is 0.289 e. The molecule has 0 N–H and O–H groups in total. The number of furan rings is 1. The van der Waals surface area contributed by atoms with E-state index in [1.165, 1.54) is 6.26 Å².